The van der Waals surface area contributed by atoms with E-state index < -0.39 is 9.84 Å². The van der Waals surface area contributed by atoms with E-state index >= 15 is 0 Å². The fraction of sp³-hybridized carbons (Fsp3) is 0.263. The third-order valence-corrected chi connectivity index (χ3v) is 9.09. The number of nitrogens with zero attached hydrogens (tertiary/aromatic N) is 2. The highest BCUT2D eigenvalue weighted by molar-refractivity contribution is 8.16. The van der Waals surface area contributed by atoms with Crippen molar-refractivity contribution in [3.8, 4) is 0 Å². The third-order valence-electron chi connectivity index (χ3n) is 4.77. The Labute approximate surface area is 188 Å². The summed E-state index contributed by atoms with van der Waals surface area (Å²) in [6, 6.07) is 11.8. The van der Waals surface area contributed by atoms with Crippen LogP contribution in [-0.4, -0.2) is 42.3 Å². The second kappa shape index (κ2) is 8.12. The predicted molar refractivity (Wildman–Crippen MR) is 120 cm³/mol. The quantitative estimate of drug-likeness (QED) is 0.635. The molecule has 2 unspecified atom stereocenters. The Balaban J connectivity index is 1.67. The van der Waals surface area contributed by atoms with E-state index in [4.69, 9.17) is 34.8 Å². The van der Waals surface area contributed by atoms with Gasteiger partial charge in [-0.05, 0) is 29.8 Å². The van der Waals surface area contributed by atoms with E-state index in [0.29, 0.717) is 31.5 Å². The summed E-state index contributed by atoms with van der Waals surface area (Å²) < 4.78 is 24.3. The summed E-state index contributed by atoms with van der Waals surface area (Å²) in [7, 11) is -3.15. The molecule has 2 fully saturated rings. The SMILES string of the molecule is O=C(Cc1ccccc1Cl)N=C1SC2CS(=O)(=O)CC2N1c1ccc(Cl)c(Cl)c1. The van der Waals surface area contributed by atoms with Gasteiger partial charge in [0.05, 0.1) is 34.0 Å². The van der Waals surface area contributed by atoms with Gasteiger partial charge in [0.25, 0.3) is 5.91 Å². The first-order valence-corrected chi connectivity index (χ1v) is 12.5. The van der Waals surface area contributed by atoms with Gasteiger partial charge in [0, 0.05) is 16.0 Å². The van der Waals surface area contributed by atoms with Gasteiger partial charge in [0.15, 0.2) is 15.0 Å². The molecule has 2 aromatic carbocycles. The molecule has 0 aromatic heterocycles. The molecule has 2 aliphatic heterocycles. The molecule has 0 saturated carbocycles. The Bertz CT molecular complexity index is 1120. The van der Waals surface area contributed by atoms with Crippen LogP contribution in [0, 0.1) is 0 Å². The number of halogens is 3. The van der Waals surface area contributed by atoms with E-state index in [1.165, 1.54) is 11.8 Å². The molecule has 2 aromatic rings. The number of sulfone groups is 1. The number of aliphatic imine (C=N–C) groups is 1. The Kier molecular flexibility index (Phi) is 5.88. The van der Waals surface area contributed by atoms with Crippen LogP contribution in [0.25, 0.3) is 0 Å². The van der Waals surface area contributed by atoms with Crippen molar-refractivity contribution in [1.29, 1.82) is 0 Å². The lowest BCUT2D eigenvalue weighted by Gasteiger charge is -2.24. The fourth-order valence-electron chi connectivity index (χ4n) is 3.45. The van der Waals surface area contributed by atoms with Gasteiger partial charge in [-0.25, -0.2) is 8.42 Å². The number of fused-ring (bicyclic) bond motifs is 1. The summed E-state index contributed by atoms with van der Waals surface area (Å²) >= 11 is 19.6. The summed E-state index contributed by atoms with van der Waals surface area (Å²) in [5.74, 6) is -0.297. The lowest BCUT2D eigenvalue weighted by atomic mass is 10.1. The van der Waals surface area contributed by atoms with E-state index in [0.717, 1.165) is 0 Å². The lowest BCUT2D eigenvalue weighted by Crippen LogP contribution is -2.37. The van der Waals surface area contributed by atoms with Gasteiger partial charge in [-0.2, -0.15) is 4.99 Å². The molecule has 0 radical (unpaired) electrons. The molecule has 0 aliphatic carbocycles. The number of hydrogen-bond acceptors (Lipinski definition) is 4. The van der Waals surface area contributed by atoms with Crippen LogP contribution < -0.4 is 4.90 Å². The van der Waals surface area contributed by atoms with Crippen molar-refractivity contribution in [1.82, 2.24) is 0 Å². The number of carbonyl (C=O) groups excluding carboxylic acids is 1. The molecule has 4 rings (SSSR count). The van der Waals surface area contributed by atoms with Crippen LogP contribution in [0.15, 0.2) is 47.5 Å². The van der Waals surface area contributed by atoms with E-state index in [1.54, 1.807) is 41.3 Å². The molecule has 2 atom stereocenters. The van der Waals surface area contributed by atoms with Gasteiger partial charge < -0.3 is 4.90 Å². The van der Waals surface area contributed by atoms with Crippen LogP contribution in [0.3, 0.4) is 0 Å². The molecule has 2 saturated heterocycles. The highest BCUT2D eigenvalue weighted by Gasteiger charge is 2.49. The Morgan fingerprint density at radius 1 is 1.07 bits per heavy atom. The number of benzene rings is 2. The number of thioether (sulfide) groups is 1. The van der Waals surface area contributed by atoms with Crippen molar-refractivity contribution in [2.75, 3.05) is 16.4 Å². The Hall–Kier alpha value is -1.25. The van der Waals surface area contributed by atoms with Gasteiger partial charge in [0.1, 0.15) is 0 Å². The number of amides is 1. The molecule has 2 aliphatic rings. The van der Waals surface area contributed by atoms with Crippen molar-refractivity contribution < 1.29 is 13.2 Å². The van der Waals surface area contributed by atoms with Crippen LogP contribution in [-0.2, 0) is 21.1 Å². The molecule has 152 valence electrons. The molecule has 2 heterocycles. The van der Waals surface area contributed by atoms with Crippen molar-refractivity contribution in [3.63, 3.8) is 0 Å². The zero-order chi connectivity index (χ0) is 20.8. The number of rotatable bonds is 3. The molecule has 0 N–H and O–H groups in total. The molecular weight excluding hydrogens is 475 g/mol. The maximum Gasteiger partial charge on any atom is 0.252 e. The van der Waals surface area contributed by atoms with E-state index in [1.807, 2.05) is 6.07 Å². The first-order chi connectivity index (χ1) is 13.7. The lowest BCUT2D eigenvalue weighted by molar-refractivity contribution is -0.117. The van der Waals surface area contributed by atoms with Gasteiger partial charge in [-0.1, -0.05) is 64.8 Å². The maximum absolute atomic E-state index is 12.6. The van der Waals surface area contributed by atoms with Crippen LogP contribution in [0.4, 0.5) is 5.69 Å². The second-order valence-corrected chi connectivity index (χ2v) is 11.4. The third kappa shape index (κ3) is 4.44. The van der Waals surface area contributed by atoms with Gasteiger partial charge in [-0.15, -0.1) is 0 Å². The molecule has 29 heavy (non-hydrogen) atoms. The minimum atomic E-state index is -3.15. The van der Waals surface area contributed by atoms with Crippen LogP contribution in [0.5, 0.6) is 0 Å². The van der Waals surface area contributed by atoms with Gasteiger partial charge in [-0.3, -0.25) is 4.79 Å². The summed E-state index contributed by atoms with van der Waals surface area (Å²) in [4.78, 5) is 18.7. The number of anilines is 1. The van der Waals surface area contributed by atoms with Crippen LogP contribution in [0.2, 0.25) is 15.1 Å². The van der Waals surface area contributed by atoms with Gasteiger partial charge in [0.2, 0.25) is 0 Å². The number of carbonyl (C=O) groups is 1. The standard InChI is InChI=1S/C19H15Cl3N2O3S2/c20-13-4-2-1-3-11(13)7-18(25)23-19-24(12-5-6-14(21)15(22)8-12)16-9-29(26,27)10-17(16)28-19/h1-6,8,16-17H,7,9-10H2. The van der Waals surface area contributed by atoms with E-state index in [2.05, 4.69) is 4.99 Å². The van der Waals surface area contributed by atoms with Crippen molar-refractivity contribution in [2.45, 2.75) is 17.7 Å². The highest BCUT2D eigenvalue weighted by atomic mass is 35.5. The highest BCUT2D eigenvalue weighted by Crippen LogP contribution is 2.42. The second-order valence-electron chi connectivity index (χ2n) is 6.83. The first kappa shape index (κ1) is 21.0. The van der Waals surface area contributed by atoms with Gasteiger partial charge >= 0.3 is 0 Å². The minimum Gasteiger partial charge on any atom is -0.316 e. The van der Waals surface area contributed by atoms with Crippen LogP contribution in [0.1, 0.15) is 5.56 Å². The number of amidine groups is 1. The molecular formula is C19H15Cl3N2O3S2. The fourth-order valence-corrected chi connectivity index (χ4v) is 7.88. The molecule has 0 spiro atoms. The van der Waals surface area contributed by atoms with Crippen molar-refractivity contribution in [3.05, 3.63) is 63.1 Å². The average molecular weight is 490 g/mol. The number of hydrogen-bond donors (Lipinski definition) is 0. The van der Waals surface area contributed by atoms with Crippen molar-refractivity contribution >= 4 is 73.2 Å². The predicted octanol–water partition coefficient (Wildman–Crippen LogP) is 4.49. The molecule has 0 bridgehead atoms. The van der Waals surface area contributed by atoms with Crippen molar-refractivity contribution in [2.24, 2.45) is 4.99 Å². The zero-order valence-electron chi connectivity index (χ0n) is 14.9. The summed E-state index contributed by atoms with van der Waals surface area (Å²) in [5.41, 5.74) is 1.34. The molecule has 10 heteroatoms. The van der Waals surface area contributed by atoms with E-state index in [9.17, 15) is 13.2 Å². The summed E-state index contributed by atoms with van der Waals surface area (Å²) in [5, 5.41) is 1.52. The summed E-state index contributed by atoms with van der Waals surface area (Å²) in [6.45, 7) is 0. The molecule has 1 amide bonds. The van der Waals surface area contributed by atoms with Crippen LogP contribution >= 0.6 is 46.6 Å². The topological polar surface area (TPSA) is 66.8 Å². The Morgan fingerprint density at radius 2 is 1.83 bits per heavy atom. The first-order valence-electron chi connectivity index (χ1n) is 8.70. The maximum atomic E-state index is 12.6. The van der Waals surface area contributed by atoms with E-state index in [-0.39, 0.29) is 35.1 Å². The Morgan fingerprint density at radius 3 is 2.55 bits per heavy atom. The normalized spacial score (nSPS) is 24.1. The molecule has 5 nitrogen and oxygen atoms in total. The monoisotopic (exact) mass is 488 g/mol. The largest absolute Gasteiger partial charge is 0.316 e. The summed E-state index contributed by atoms with van der Waals surface area (Å²) in [6.07, 6.45) is 0.0621. The zero-order valence-corrected chi connectivity index (χ0v) is 18.8. The minimum absolute atomic E-state index is 0.00262. The average Bonchev–Trinajstić information content (AvgIpc) is 3.10. The smallest absolute Gasteiger partial charge is 0.252 e.